The zero-order valence-electron chi connectivity index (χ0n) is 21.7. The fraction of sp³-hybridized carbons (Fsp3) is 0.259. The van der Waals surface area contributed by atoms with Gasteiger partial charge in [-0.2, -0.15) is 4.98 Å². The van der Waals surface area contributed by atoms with Gasteiger partial charge in [0.05, 0.1) is 25.7 Å². The molecule has 3 heterocycles. The maximum absolute atomic E-state index is 13.7. The first-order valence-electron chi connectivity index (χ1n) is 12.1. The molecule has 3 aromatic heterocycles. The van der Waals surface area contributed by atoms with Crippen LogP contribution in [-0.4, -0.2) is 41.2 Å². The number of hydrogen-bond donors (Lipinski definition) is 1. The van der Waals surface area contributed by atoms with Crippen molar-refractivity contribution in [2.24, 2.45) is 7.05 Å². The molecule has 0 atom stereocenters. The Hall–Kier alpha value is -4.80. The largest absolute Gasteiger partial charge is 0.497 e. The first-order valence-corrected chi connectivity index (χ1v) is 12.1. The van der Waals surface area contributed by atoms with Gasteiger partial charge in [-0.15, -0.1) is 5.10 Å². The van der Waals surface area contributed by atoms with E-state index < -0.39 is 11.4 Å². The Balaban J connectivity index is 1.53. The molecule has 2 aromatic carbocycles. The number of benzene rings is 2. The molecule has 0 amide bonds. The van der Waals surface area contributed by atoms with Crippen LogP contribution < -0.4 is 21.4 Å². The van der Waals surface area contributed by atoms with E-state index in [1.165, 1.54) is 4.57 Å². The van der Waals surface area contributed by atoms with E-state index in [2.05, 4.69) is 25.6 Å². The Kier molecular flexibility index (Phi) is 6.73. The third kappa shape index (κ3) is 5.03. The summed E-state index contributed by atoms with van der Waals surface area (Å²) in [5.74, 6) is 0.906. The molecule has 0 saturated heterocycles. The third-order valence-corrected chi connectivity index (χ3v) is 6.46. The molecule has 11 nitrogen and oxygen atoms in total. The minimum atomic E-state index is -0.634. The molecule has 194 valence electrons. The zero-order chi connectivity index (χ0) is 26.8. The summed E-state index contributed by atoms with van der Waals surface area (Å²) in [7, 11) is 3.39. The Bertz CT molecular complexity index is 1730. The lowest BCUT2D eigenvalue weighted by Gasteiger charge is -2.16. The molecular formula is C27H28N8O3. The SMILES string of the molecule is COc1ccc(Cn2c(NCc3cnc(C)cc3C)nc(=O)n(Cc3ccc4nnn(C)c4c3)c2=O)cc1. The normalized spacial score (nSPS) is 11.2. The Labute approximate surface area is 218 Å². The topological polar surface area (TPSA) is 122 Å². The van der Waals surface area contributed by atoms with Crippen molar-refractivity contribution in [3.8, 4) is 5.75 Å². The van der Waals surface area contributed by atoms with Crippen molar-refractivity contribution in [3.05, 3.63) is 104 Å². The van der Waals surface area contributed by atoms with E-state index in [0.717, 1.165) is 43.5 Å². The van der Waals surface area contributed by atoms with Gasteiger partial charge in [0, 0.05) is 25.5 Å². The van der Waals surface area contributed by atoms with E-state index in [0.29, 0.717) is 12.3 Å². The van der Waals surface area contributed by atoms with Crippen molar-refractivity contribution in [1.29, 1.82) is 0 Å². The van der Waals surface area contributed by atoms with Crippen molar-refractivity contribution >= 4 is 17.0 Å². The molecule has 0 spiro atoms. The second kappa shape index (κ2) is 10.3. The van der Waals surface area contributed by atoms with E-state index in [1.54, 1.807) is 25.0 Å². The number of anilines is 1. The minimum absolute atomic E-state index is 0.0651. The summed E-state index contributed by atoms with van der Waals surface area (Å²) in [4.78, 5) is 35.5. The summed E-state index contributed by atoms with van der Waals surface area (Å²) in [5, 5.41) is 11.3. The lowest BCUT2D eigenvalue weighted by molar-refractivity contribution is 0.414. The molecule has 11 heteroatoms. The van der Waals surface area contributed by atoms with Gasteiger partial charge in [-0.25, -0.2) is 18.8 Å². The van der Waals surface area contributed by atoms with Crippen LogP contribution in [0.25, 0.3) is 11.0 Å². The molecule has 0 unspecified atom stereocenters. The van der Waals surface area contributed by atoms with Crippen molar-refractivity contribution < 1.29 is 4.74 Å². The highest BCUT2D eigenvalue weighted by molar-refractivity contribution is 5.74. The van der Waals surface area contributed by atoms with Crippen LogP contribution in [0, 0.1) is 13.8 Å². The molecule has 0 aliphatic heterocycles. The van der Waals surface area contributed by atoms with Gasteiger partial charge in [-0.3, -0.25) is 9.55 Å². The van der Waals surface area contributed by atoms with Crippen LogP contribution in [0.3, 0.4) is 0 Å². The number of fused-ring (bicyclic) bond motifs is 1. The monoisotopic (exact) mass is 512 g/mol. The maximum atomic E-state index is 13.7. The number of nitrogens with one attached hydrogen (secondary N) is 1. The number of rotatable bonds is 8. The number of aryl methyl sites for hydroxylation is 3. The van der Waals surface area contributed by atoms with Crippen LogP contribution in [0.15, 0.2) is 64.3 Å². The first-order chi connectivity index (χ1) is 18.3. The average molecular weight is 513 g/mol. The Morgan fingerprint density at radius 1 is 0.947 bits per heavy atom. The third-order valence-electron chi connectivity index (χ3n) is 6.46. The smallest absolute Gasteiger partial charge is 0.355 e. The predicted octanol–water partition coefficient (Wildman–Crippen LogP) is 2.42. The van der Waals surface area contributed by atoms with Crippen LogP contribution >= 0.6 is 0 Å². The molecule has 1 N–H and O–H groups in total. The summed E-state index contributed by atoms with van der Waals surface area (Å²) in [6, 6.07) is 14.9. The van der Waals surface area contributed by atoms with E-state index in [-0.39, 0.29) is 19.0 Å². The van der Waals surface area contributed by atoms with E-state index in [4.69, 9.17) is 4.74 Å². The number of hydrogen-bond acceptors (Lipinski definition) is 8. The fourth-order valence-electron chi connectivity index (χ4n) is 4.30. The summed E-state index contributed by atoms with van der Waals surface area (Å²) in [6.45, 7) is 4.57. The van der Waals surface area contributed by atoms with Gasteiger partial charge in [0.15, 0.2) is 0 Å². The van der Waals surface area contributed by atoms with Crippen LogP contribution in [0.1, 0.15) is 27.9 Å². The van der Waals surface area contributed by atoms with Crippen LogP contribution in [0.4, 0.5) is 5.95 Å². The van der Waals surface area contributed by atoms with Crippen LogP contribution in [0.5, 0.6) is 5.75 Å². The van der Waals surface area contributed by atoms with Gasteiger partial charge in [0.25, 0.3) is 0 Å². The quantitative estimate of drug-likeness (QED) is 0.336. The second-order valence-corrected chi connectivity index (χ2v) is 9.16. The zero-order valence-corrected chi connectivity index (χ0v) is 21.7. The number of methoxy groups -OCH3 is 1. The Morgan fingerprint density at radius 2 is 1.68 bits per heavy atom. The summed E-state index contributed by atoms with van der Waals surface area (Å²) in [5.41, 5.74) is 4.99. The lowest BCUT2D eigenvalue weighted by atomic mass is 10.1. The molecule has 38 heavy (non-hydrogen) atoms. The van der Waals surface area contributed by atoms with E-state index in [1.807, 2.05) is 62.4 Å². The summed E-state index contributed by atoms with van der Waals surface area (Å²) in [6.07, 6.45) is 1.79. The molecule has 0 saturated carbocycles. The lowest BCUT2D eigenvalue weighted by Crippen LogP contribution is -2.43. The summed E-state index contributed by atoms with van der Waals surface area (Å²) >= 11 is 0. The number of aromatic nitrogens is 7. The molecule has 0 bridgehead atoms. The fourth-order valence-corrected chi connectivity index (χ4v) is 4.30. The number of pyridine rings is 1. The van der Waals surface area contributed by atoms with Gasteiger partial charge in [-0.1, -0.05) is 23.4 Å². The molecule has 0 aliphatic carbocycles. The van der Waals surface area contributed by atoms with E-state index in [9.17, 15) is 9.59 Å². The van der Waals surface area contributed by atoms with Gasteiger partial charge >= 0.3 is 11.4 Å². The van der Waals surface area contributed by atoms with Crippen LogP contribution in [-0.2, 0) is 26.7 Å². The van der Waals surface area contributed by atoms with Crippen molar-refractivity contribution in [2.75, 3.05) is 12.4 Å². The van der Waals surface area contributed by atoms with Crippen LogP contribution in [0.2, 0.25) is 0 Å². The molecule has 0 radical (unpaired) electrons. The highest BCUT2D eigenvalue weighted by atomic mass is 16.5. The van der Waals surface area contributed by atoms with Gasteiger partial charge in [-0.05, 0) is 66.4 Å². The Morgan fingerprint density at radius 3 is 2.42 bits per heavy atom. The standard InChI is InChI=1S/C27H28N8O3/c1-17-11-18(2)28-13-21(17)14-29-25-30-26(36)35(16-20-7-10-23-24(12-20)33(3)32-31-23)27(37)34(25)15-19-5-8-22(38-4)9-6-19/h5-13H,14-16H2,1-4H3,(H,29,30,36). The highest BCUT2D eigenvalue weighted by Gasteiger charge is 2.15. The molecule has 0 aliphatic rings. The van der Waals surface area contributed by atoms with Crippen molar-refractivity contribution in [2.45, 2.75) is 33.5 Å². The first kappa shape index (κ1) is 24.9. The van der Waals surface area contributed by atoms with Gasteiger partial charge in [0.2, 0.25) is 5.95 Å². The van der Waals surface area contributed by atoms with E-state index >= 15 is 0 Å². The molecule has 5 aromatic rings. The minimum Gasteiger partial charge on any atom is -0.497 e. The van der Waals surface area contributed by atoms with Crippen molar-refractivity contribution in [1.82, 2.24) is 34.1 Å². The predicted molar refractivity (Wildman–Crippen MR) is 144 cm³/mol. The molecule has 5 rings (SSSR count). The molecular weight excluding hydrogens is 484 g/mol. The van der Waals surface area contributed by atoms with Gasteiger partial charge < -0.3 is 10.1 Å². The number of nitrogens with zero attached hydrogens (tertiary/aromatic N) is 7. The van der Waals surface area contributed by atoms with Crippen molar-refractivity contribution in [3.63, 3.8) is 0 Å². The highest BCUT2D eigenvalue weighted by Crippen LogP contribution is 2.15. The maximum Gasteiger partial charge on any atom is 0.355 e. The second-order valence-electron chi connectivity index (χ2n) is 9.16. The average Bonchev–Trinajstić information content (AvgIpc) is 3.28. The molecule has 0 fully saturated rings. The van der Waals surface area contributed by atoms with Gasteiger partial charge in [0.1, 0.15) is 11.3 Å². The number of ether oxygens (including phenoxy) is 1. The summed E-state index contributed by atoms with van der Waals surface area (Å²) < 4.78 is 9.52.